The lowest BCUT2D eigenvalue weighted by molar-refractivity contribution is 0.101. The molecular weight excluding hydrogens is 336 g/mol. The van der Waals surface area contributed by atoms with Crippen molar-refractivity contribution in [1.82, 2.24) is 14.4 Å². The second-order valence-electron chi connectivity index (χ2n) is 6.69. The van der Waals surface area contributed by atoms with Crippen LogP contribution < -0.4 is 5.32 Å². The van der Waals surface area contributed by atoms with Crippen molar-refractivity contribution in [1.29, 1.82) is 0 Å². The number of aromatic nitrogens is 3. The number of carbonyl (C=O) groups is 1. The van der Waals surface area contributed by atoms with Crippen LogP contribution in [0.15, 0.2) is 61.1 Å². The van der Waals surface area contributed by atoms with Gasteiger partial charge in [0.15, 0.2) is 17.2 Å². The van der Waals surface area contributed by atoms with Crippen LogP contribution in [0.25, 0.3) is 16.9 Å². The van der Waals surface area contributed by atoms with Crippen LogP contribution in [0.2, 0.25) is 0 Å². The summed E-state index contributed by atoms with van der Waals surface area (Å²) in [7, 11) is 0. The van der Waals surface area contributed by atoms with Gasteiger partial charge in [-0.1, -0.05) is 29.8 Å². The average molecular weight is 356 g/mol. The minimum atomic E-state index is 0.0651. The van der Waals surface area contributed by atoms with Crippen LogP contribution in [0.1, 0.15) is 28.4 Å². The van der Waals surface area contributed by atoms with Crippen molar-refractivity contribution < 1.29 is 4.79 Å². The Morgan fingerprint density at radius 3 is 2.52 bits per heavy atom. The van der Waals surface area contributed by atoms with Crippen LogP contribution in [0, 0.1) is 13.8 Å². The van der Waals surface area contributed by atoms with Crippen LogP contribution in [0.4, 0.5) is 11.5 Å². The molecule has 4 aromatic rings. The molecule has 2 heterocycles. The van der Waals surface area contributed by atoms with Gasteiger partial charge in [-0.25, -0.2) is 9.97 Å². The Morgan fingerprint density at radius 1 is 1.04 bits per heavy atom. The largest absolute Gasteiger partial charge is 0.337 e. The van der Waals surface area contributed by atoms with Gasteiger partial charge in [0.1, 0.15) is 0 Å². The van der Waals surface area contributed by atoms with Crippen molar-refractivity contribution in [3.05, 3.63) is 77.7 Å². The number of carbonyl (C=O) groups excluding carboxylic acids is 1. The van der Waals surface area contributed by atoms with Crippen molar-refractivity contribution >= 4 is 22.9 Å². The molecule has 0 saturated carbocycles. The van der Waals surface area contributed by atoms with Gasteiger partial charge < -0.3 is 5.32 Å². The van der Waals surface area contributed by atoms with Crippen molar-refractivity contribution in [2.45, 2.75) is 20.8 Å². The summed E-state index contributed by atoms with van der Waals surface area (Å²) >= 11 is 0. The van der Waals surface area contributed by atoms with Gasteiger partial charge in [-0.2, -0.15) is 0 Å². The minimum Gasteiger partial charge on any atom is -0.337 e. The fourth-order valence-corrected chi connectivity index (χ4v) is 3.22. The van der Waals surface area contributed by atoms with E-state index in [-0.39, 0.29) is 5.78 Å². The van der Waals surface area contributed by atoms with Gasteiger partial charge in [-0.15, -0.1) is 0 Å². The molecule has 0 atom stereocenters. The molecule has 0 spiro atoms. The molecule has 27 heavy (non-hydrogen) atoms. The van der Waals surface area contributed by atoms with Crippen LogP contribution in [-0.2, 0) is 0 Å². The van der Waals surface area contributed by atoms with E-state index in [1.807, 2.05) is 41.9 Å². The van der Waals surface area contributed by atoms with E-state index in [2.05, 4.69) is 46.5 Å². The molecule has 2 aromatic carbocycles. The average Bonchev–Trinajstić information content (AvgIpc) is 3.07. The molecule has 0 aliphatic rings. The molecule has 0 bridgehead atoms. The maximum absolute atomic E-state index is 11.6. The number of hydrogen-bond acceptors (Lipinski definition) is 4. The highest BCUT2D eigenvalue weighted by molar-refractivity contribution is 5.96. The van der Waals surface area contributed by atoms with Gasteiger partial charge in [0.05, 0.1) is 11.9 Å². The molecular formula is C22H20N4O. The lowest BCUT2D eigenvalue weighted by Crippen LogP contribution is -2.01. The molecule has 4 rings (SSSR count). The Kier molecular flexibility index (Phi) is 4.20. The van der Waals surface area contributed by atoms with Crippen LogP contribution >= 0.6 is 0 Å². The van der Waals surface area contributed by atoms with E-state index in [0.29, 0.717) is 5.82 Å². The van der Waals surface area contributed by atoms with E-state index in [9.17, 15) is 4.79 Å². The number of rotatable bonds is 4. The number of aryl methyl sites for hydroxylation is 2. The number of nitrogens with one attached hydrogen (secondary N) is 1. The molecule has 5 heteroatoms. The Balaban J connectivity index is 1.72. The molecule has 0 amide bonds. The fraction of sp³-hybridized carbons (Fsp3) is 0.136. The van der Waals surface area contributed by atoms with Crippen molar-refractivity contribution in [3.63, 3.8) is 0 Å². The molecule has 1 N–H and O–H groups in total. The minimum absolute atomic E-state index is 0.0651. The van der Waals surface area contributed by atoms with Crippen molar-refractivity contribution in [2.24, 2.45) is 0 Å². The van der Waals surface area contributed by atoms with Gasteiger partial charge in [0.2, 0.25) is 0 Å². The van der Waals surface area contributed by atoms with E-state index in [1.54, 1.807) is 13.1 Å². The van der Waals surface area contributed by atoms with E-state index in [1.165, 1.54) is 5.56 Å². The Morgan fingerprint density at radius 2 is 1.81 bits per heavy atom. The number of anilines is 2. The smallest absolute Gasteiger partial charge is 0.180 e. The standard InChI is InChI=1S/C22H20N4O/c1-14-4-6-17(7-5-14)20-13-24-22-21(23-10-11-26(20)22)25-18-8-9-19(16(3)27)15(2)12-18/h4-13H,1-3H3,(H,23,25). The first kappa shape index (κ1) is 17.0. The molecule has 0 aliphatic heterocycles. The summed E-state index contributed by atoms with van der Waals surface area (Å²) in [5, 5.41) is 3.32. The van der Waals surface area contributed by atoms with E-state index >= 15 is 0 Å². The zero-order chi connectivity index (χ0) is 19.0. The SMILES string of the molecule is CC(=O)c1ccc(Nc2nccn3c(-c4ccc(C)cc4)cnc23)cc1C. The third kappa shape index (κ3) is 3.19. The second kappa shape index (κ2) is 6.68. The third-order valence-electron chi connectivity index (χ3n) is 4.64. The summed E-state index contributed by atoms with van der Waals surface area (Å²) in [6.07, 6.45) is 5.52. The molecule has 0 aliphatic carbocycles. The molecule has 0 radical (unpaired) electrons. The Hall–Kier alpha value is -3.47. The first-order chi connectivity index (χ1) is 13.0. The van der Waals surface area contributed by atoms with Gasteiger partial charge in [-0.3, -0.25) is 9.20 Å². The highest BCUT2D eigenvalue weighted by Crippen LogP contribution is 2.26. The zero-order valence-electron chi connectivity index (χ0n) is 15.5. The molecule has 0 saturated heterocycles. The summed E-state index contributed by atoms with van der Waals surface area (Å²) in [6, 6.07) is 14.0. The second-order valence-corrected chi connectivity index (χ2v) is 6.69. The zero-order valence-corrected chi connectivity index (χ0v) is 15.5. The van der Waals surface area contributed by atoms with Gasteiger partial charge >= 0.3 is 0 Å². The first-order valence-corrected chi connectivity index (χ1v) is 8.80. The number of imidazole rings is 1. The van der Waals surface area contributed by atoms with Crippen molar-refractivity contribution in [3.8, 4) is 11.3 Å². The number of Topliss-reactive ketones (excluding diaryl/α,β-unsaturated/α-hetero) is 1. The Labute approximate surface area is 157 Å². The van der Waals surface area contributed by atoms with Gasteiger partial charge in [0.25, 0.3) is 0 Å². The van der Waals surface area contributed by atoms with Gasteiger partial charge in [-0.05, 0) is 44.5 Å². The number of nitrogens with zero attached hydrogens (tertiary/aromatic N) is 3. The summed E-state index contributed by atoms with van der Waals surface area (Å²) < 4.78 is 2.02. The van der Waals surface area contributed by atoms with Crippen molar-refractivity contribution in [2.75, 3.05) is 5.32 Å². The molecule has 0 fully saturated rings. The number of ketones is 1. The summed E-state index contributed by atoms with van der Waals surface area (Å²) in [4.78, 5) is 20.6. The highest BCUT2D eigenvalue weighted by Gasteiger charge is 2.11. The quantitative estimate of drug-likeness (QED) is 0.525. The van der Waals surface area contributed by atoms with E-state index in [4.69, 9.17) is 0 Å². The van der Waals surface area contributed by atoms with E-state index in [0.717, 1.165) is 33.7 Å². The summed E-state index contributed by atoms with van der Waals surface area (Å²) in [5.41, 5.74) is 6.63. The molecule has 5 nitrogen and oxygen atoms in total. The summed E-state index contributed by atoms with van der Waals surface area (Å²) in [6.45, 7) is 5.58. The highest BCUT2D eigenvalue weighted by atomic mass is 16.1. The molecule has 0 unspecified atom stereocenters. The Bertz CT molecular complexity index is 1140. The first-order valence-electron chi connectivity index (χ1n) is 8.80. The van der Waals surface area contributed by atoms with E-state index < -0.39 is 0 Å². The maximum Gasteiger partial charge on any atom is 0.180 e. The lowest BCUT2D eigenvalue weighted by atomic mass is 10.0. The van der Waals surface area contributed by atoms with Gasteiger partial charge in [0, 0.05) is 29.2 Å². The lowest BCUT2D eigenvalue weighted by Gasteiger charge is -2.10. The van der Waals surface area contributed by atoms with Crippen LogP contribution in [0.5, 0.6) is 0 Å². The normalized spacial score (nSPS) is 10.9. The fourth-order valence-electron chi connectivity index (χ4n) is 3.22. The number of hydrogen-bond donors (Lipinski definition) is 1. The van der Waals surface area contributed by atoms with Crippen LogP contribution in [-0.4, -0.2) is 20.2 Å². The summed E-state index contributed by atoms with van der Waals surface area (Å²) in [5.74, 6) is 0.737. The maximum atomic E-state index is 11.6. The third-order valence-corrected chi connectivity index (χ3v) is 4.64. The topological polar surface area (TPSA) is 59.3 Å². The van der Waals surface area contributed by atoms with Crippen LogP contribution in [0.3, 0.4) is 0 Å². The number of benzene rings is 2. The predicted octanol–water partition coefficient (Wildman–Crippen LogP) is 4.96. The molecule has 134 valence electrons. The molecule has 2 aromatic heterocycles. The number of fused-ring (bicyclic) bond motifs is 1. The monoisotopic (exact) mass is 356 g/mol. The predicted molar refractivity (Wildman–Crippen MR) is 108 cm³/mol.